The van der Waals surface area contributed by atoms with Crippen LogP contribution in [0.15, 0.2) is 23.6 Å². The number of thiophene rings is 1. The summed E-state index contributed by atoms with van der Waals surface area (Å²) in [6.07, 6.45) is 0. The standard InChI is InChI=1S/C9H7ClOS/c1-11-6-2-3-7-8(10)5-12-9(7)4-6/h2-5H,1H3. The second-order valence-corrected chi connectivity index (χ2v) is 3.76. The second kappa shape index (κ2) is 2.96. The van der Waals surface area contributed by atoms with Crippen LogP contribution in [-0.2, 0) is 0 Å². The highest BCUT2D eigenvalue weighted by atomic mass is 35.5. The molecule has 1 heterocycles. The maximum atomic E-state index is 5.94. The van der Waals surface area contributed by atoms with Gasteiger partial charge in [0.25, 0.3) is 0 Å². The number of hydrogen-bond acceptors (Lipinski definition) is 2. The molecule has 0 aliphatic rings. The third-order valence-electron chi connectivity index (χ3n) is 1.74. The molecule has 0 N–H and O–H groups in total. The number of fused-ring (bicyclic) bond motifs is 1. The number of ether oxygens (including phenoxy) is 1. The smallest absolute Gasteiger partial charge is 0.120 e. The molecule has 0 amide bonds. The van der Waals surface area contributed by atoms with E-state index in [1.165, 1.54) is 4.70 Å². The van der Waals surface area contributed by atoms with Crippen LogP contribution in [0.5, 0.6) is 5.75 Å². The van der Waals surface area contributed by atoms with Gasteiger partial charge in [-0.2, -0.15) is 0 Å². The topological polar surface area (TPSA) is 9.23 Å². The lowest BCUT2D eigenvalue weighted by atomic mass is 10.2. The van der Waals surface area contributed by atoms with Crippen molar-refractivity contribution in [1.29, 1.82) is 0 Å². The molecular weight excluding hydrogens is 192 g/mol. The predicted molar refractivity (Wildman–Crippen MR) is 53.4 cm³/mol. The van der Waals surface area contributed by atoms with Crippen molar-refractivity contribution >= 4 is 33.0 Å². The van der Waals surface area contributed by atoms with E-state index in [2.05, 4.69) is 0 Å². The van der Waals surface area contributed by atoms with E-state index in [1.807, 2.05) is 23.6 Å². The van der Waals surface area contributed by atoms with Crippen LogP contribution in [0.2, 0.25) is 5.02 Å². The summed E-state index contributed by atoms with van der Waals surface area (Å²) in [5.74, 6) is 0.876. The Balaban J connectivity index is 2.69. The van der Waals surface area contributed by atoms with Crippen LogP contribution in [0.25, 0.3) is 10.1 Å². The Morgan fingerprint density at radius 3 is 3.00 bits per heavy atom. The van der Waals surface area contributed by atoms with Crippen LogP contribution in [0.4, 0.5) is 0 Å². The van der Waals surface area contributed by atoms with Crippen LogP contribution < -0.4 is 4.74 Å². The minimum Gasteiger partial charge on any atom is -0.497 e. The summed E-state index contributed by atoms with van der Waals surface area (Å²) in [5.41, 5.74) is 0. The van der Waals surface area contributed by atoms with E-state index < -0.39 is 0 Å². The van der Waals surface area contributed by atoms with Gasteiger partial charge in [-0.15, -0.1) is 11.3 Å². The van der Waals surface area contributed by atoms with E-state index in [0.717, 1.165) is 16.2 Å². The fraction of sp³-hybridized carbons (Fsp3) is 0.111. The fourth-order valence-corrected chi connectivity index (χ4v) is 2.30. The molecule has 0 radical (unpaired) electrons. The molecule has 2 rings (SSSR count). The molecule has 0 spiro atoms. The monoisotopic (exact) mass is 198 g/mol. The van der Waals surface area contributed by atoms with Crippen molar-refractivity contribution < 1.29 is 4.74 Å². The van der Waals surface area contributed by atoms with Gasteiger partial charge in [0.1, 0.15) is 5.75 Å². The van der Waals surface area contributed by atoms with Gasteiger partial charge in [0.05, 0.1) is 12.1 Å². The SMILES string of the molecule is COc1ccc2c(Cl)csc2c1. The van der Waals surface area contributed by atoms with Gasteiger partial charge < -0.3 is 4.74 Å². The fourth-order valence-electron chi connectivity index (χ4n) is 1.10. The summed E-state index contributed by atoms with van der Waals surface area (Å²) in [6, 6.07) is 5.89. The summed E-state index contributed by atoms with van der Waals surface area (Å²) < 4.78 is 6.26. The maximum Gasteiger partial charge on any atom is 0.120 e. The molecule has 3 heteroatoms. The summed E-state index contributed by atoms with van der Waals surface area (Å²) in [5, 5.41) is 3.85. The summed E-state index contributed by atoms with van der Waals surface area (Å²) in [4.78, 5) is 0. The highest BCUT2D eigenvalue weighted by Gasteiger charge is 2.01. The highest BCUT2D eigenvalue weighted by Crippen LogP contribution is 2.32. The van der Waals surface area contributed by atoms with Crippen molar-refractivity contribution in [3.63, 3.8) is 0 Å². The maximum absolute atomic E-state index is 5.94. The minimum atomic E-state index is 0.817. The molecule has 0 fully saturated rings. The number of methoxy groups -OCH3 is 1. The lowest BCUT2D eigenvalue weighted by molar-refractivity contribution is 0.415. The number of benzene rings is 1. The van der Waals surface area contributed by atoms with E-state index in [9.17, 15) is 0 Å². The Morgan fingerprint density at radius 1 is 1.42 bits per heavy atom. The van der Waals surface area contributed by atoms with Crippen LogP contribution >= 0.6 is 22.9 Å². The zero-order chi connectivity index (χ0) is 8.55. The van der Waals surface area contributed by atoms with Gasteiger partial charge in [-0.1, -0.05) is 11.6 Å². The van der Waals surface area contributed by atoms with E-state index in [1.54, 1.807) is 18.4 Å². The summed E-state index contributed by atoms with van der Waals surface area (Å²) in [6.45, 7) is 0. The van der Waals surface area contributed by atoms with Gasteiger partial charge in [0, 0.05) is 15.5 Å². The van der Waals surface area contributed by atoms with Gasteiger partial charge in [-0.05, 0) is 18.2 Å². The molecule has 2 aromatic rings. The molecule has 0 aliphatic carbocycles. The Bertz CT molecular complexity index is 408. The van der Waals surface area contributed by atoms with Gasteiger partial charge in [-0.25, -0.2) is 0 Å². The molecule has 1 aromatic carbocycles. The molecule has 1 aromatic heterocycles. The second-order valence-electron chi connectivity index (χ2n) is 2.45. The zero-order valence-corrected chi connectivity index (χ0v) is 8.08. The quantitative estimate of drug-likeness (QED) is 0.681. The van der Waals surface area contributed by atoms with Crippen LogP contribution in [0.3, 0.4) is 0 Å². The summed E-state index contributed by atoms with van der Waals surface area (Å²) >= 11 is 7.57. The predicted octanol–water partition coefficient (Wildman–Crippen LogP) is 3.56. The number of hydrogen-bond donors (Lipinski definition) is 0. The molecule has 0 saturated heterocycles. The van der Waals surface area contributed by atoms with E-state index in [0.29, 0.717) is 0 Å². The van der Waals surface area contributed by atoms with Gasteiger partial charge in [0.15, 0.2) is 0 Å². The van der Waals surface area contributed by atoms with Crippen molar-refractivity contribution in [2.45, 2.75) is 0 Å². The molecule has 0 saturated carbocycles. The average Bonchev–Trinajstić information content (AvgIpc) is 2.47. The van der Waals surface area contributed by atoms with E-state index >= 15 is 0 Å². The molecule has 1 nitrogen and oxygen atoms in total. The highest BCUT2D eigenvalue weighted by molar-refractivity contribution is 7.17. The molecular formula is C9H7ClOS. The van der Waals surface area contributed by atoms with Crippen LogP contribution in [0, 0.1) is 0 Å². The van der Waals surface area contributed by atoms with Gasteiger partial charge in [0.2, 0.25) is 0 Å². The molecule has 62 valence electrons. The first kappa shape index (κ1) is 7.90. The van der Waals surface area contributed by atoms with Gasteiger partial charge in [-0.3, -0.25) is 0 Å². The largest absolute Gasteiger partial charge is 0.497 e. The van der Waals surface area contributed by atoms with Gasteiger partial charge >= 0.3 is 0 Å². The van der Waals surface area contributed by atoms with Crippen LogP contribution in [-0.4, -0.2) is 7.11 Å². The van der Waals surface area contributed by atoms with Crippen molar-refractivity contribution in [3.05, 3.63) is 28.6 Å². The Hall–Kier alpha value is -0.730. The number of halogens is 1. The van der Waals surface area contributed by atoms with E-state index in [-0.39, 0.29) is 0 Å². The van der Waals surface area contributed by atoms with Crippen molar-refractivity contribution in [2.75, 3.05) is 7.11 Å². The lowest BCUT2D eigenvalue weighted by Crippen LogP contribution is -1.79. The first-order chi connectivity index (χ1) is 5.81. The Labute approximate surface area is 79.5 Å². The zero-order valence-electron chi connectivity index (χ0n) is 6.50. The van der Waals surface area contributed by atoms with Crippen molar-refractivity contribution in [1.82, 2.24) is 0 Å². The normalized spacial score (nSPS) is 10.5. The first-order valence-corrected chi connectivity index (χ1v) is 4.78. The van der Waals surface area contributed by atoms with Crippen molar-refractivity contribution in [3.8, 4) is 5.75 Å². The molecule has 0 atom stereocenters. The van der Waals surface area contributed by atoms with Crippen molar-refractivity contribution in [2.24, 2.45) is 0 Å². The molecule has 0 unspecified atom stereocenters. The Kier molecular flexibility index (Phi) is 1.95. The average molecular weight is 199 g/mol. The third kappa shape index (κ3) is 1.17. The minimum absolute atomic E-state index is 0.817. The lowest BCUT2D eigenvalue weighted by Gasteiger charge is -1.97. The summed E-state index contributed by atoms with van der Waals surface area (Å²) in [7, 11) is 1.66. The molecule has 0 aliphatic heterocycles. The van der Waals surface area contributed by atoms with Crippen LogP contribution in [0.1, 0.15) is 0 Å². The molecule has 12 heavy (non-hydrogen) atoms. The van der Waals surface area contributed by atoms with E-state index in [4.69, 9.17) is 16.3 Å². The number of rotatable bonds is 1. The first-order valence-electron chi connectivity index (χ1n) is 3.52. The third-order valence-corrected chi connectivity index (χ3v) is 3.12. The molecule has 0 bridgehead atoms. The Morgan fingerprint density at radius 2 is 2.25 bits per heavy atom.